The maximum atomic E-state index is 14.5. The van der Waals surface area contributed by atoms with Crippen LogP contribution in [0.3, 0.4) is 0 Å². The number of hydrogen-bond donors (Lipinski definition) is 0. The Morgan fingerprint density at radius 2 is 1.41 bits per heavy atom. The minimum absolute atomic E-state index is 0.0256. The number of carbonyl (C=O) groups is 3. The standard InChI is InChI=1S/C25H28ClFN4O3/c1-18(32)20-4-7-23(22(27)16-20)29-12-14-30(15-13-29)24(33)17-28-8-10-31(11-9-28)25(34)19-2-5-21(26)6-3-19/h2-7,16H,8-15,17H2,1H3. The molecule has 0 aliphatic carbocycles. The summed E-state index contributed by atoms with van der Waals surface area (Å²) in [4.78, 5) is 44.5. The average Bonchev–Trinajstić information content (AvgIpc) is 2.84. The predicted octanol–water partition coefficient (Wildman–Crippen LogP) is 2.79. The van der Waals surface area contributed by atoms with Crippen molar-refractivity contribution in [3.63, 3.8) is 0 Å². The summed E-state index contributed by atoms with van der Waals surface area (Å²) in [5.41, 5.74) is 1.42. The van der Waals surface area contributed by atoms with E-state index in [1.165, 1.54) is 13.0 Å². The van der Waals surface area contributed by atoms with Crippen LogP contribution in [0, 0.1) is 5.82 Å². The third kappa shape index (κ3) is 5.56. The lowest BCUT2D eigenvalue weighted by atomic mass is 10.1. The molecule has 4 rings (SSSR count). The number of amides is 2. The zero-order valence-electron chi connectivity index (χ0n) is 19.2. The third-order valence-corrected chi connectivity index (χ3v) is 6.69. The SMILES string of the molecule is CC(=O)c1ccc(N2CCN(C(=O)CN3CCN(C(=O)c4ccc(Cl)cc4)CC3)CC2)c(F)c1. The molecule has 2 aliphatic rings. The number of carbonyl (C=O) groups excluding carboxylic acids is 3. The highest BCUT2D eigenvalue weighted by molar-refractivity contribution is 6.30. The Morgan fingerprint density at radius 1 is 0.824 bits per heavy atom. The van der Waals surface area contributed by atoms with Crippen molar-refractivity contribution < 1.29 is 18.8 Å². The molecule has 9 heteroatoms. The van der Waals surface area contributed by atoms with Gasteiger partial charge in [-0.15, -0.1) is 0 Å². The van der Waals surface area contributed by atoms with Crippen LogP contribution in [-0.4, -0.2) is 91.2 Å². The number of halogens is 2. The second-order valence-corrected chi connectivity index (χ2v) is 9.10. The Kier molecular flexibility index (Phi) is 7.48. The van der Waals surface area contributed by atoms with Gasteiger partial charge in [-0.25, -0.2) is 4.39 Å². The summed E-state index contributed by atoms with van der Waals surface area (Å²) in [6.07, 6.45) is 0. The molecule has 2 saturated heterocycles. The zero-order valence-corrected chi connectivity index (χ0v) is 19.9. The molecule has 0 atom stereocenters. The number of rotatable bonds is 5. The summed E-state index contributed by atoms with van der Waals surface area (Å²) in [5.74, 6) is -0.568. The quantitative estimate of drug-likeness (QED) is 0.608. The van der Waals surface area contributed by atoms with Crippen molar-refractivity contribution in [3.05, 3.63) is 64.4 Å². The van der Waals surface area contributed by atoms with Gasteiger partial charge in [0, 0.05) is 68.5 Å². The number of hydrogen-bond acceptors (Lipinski definition) is 5. The van der Waals surface area contributed by atoms with Crippen LogP contribution in [-0.2, 0) is 4.79 Å². The lowest BCUT2D eigenvalue weighted by Crippen LogP contribution is -2.54. The summed E-state index contributed by atoms with van der Waals surface area (Å²) < 4.78 is 14.5. The van der Waals surface area contributed by atoms with Crippen molar-refractivity contribution >= 4 is 34.9 Å². The van der Waals surface area contributed by atoms with E-state index in [1.807, 2.05) is 9.80 Å². The fourth-order valence-corrected chi connectivity index (χ4v) is 4.48. The molecule has 2 amide bonds. The molecule has 0 saturated carbocycles. The van der Waals surface area contributed by atoms with Crippen molar-refractivity contribution in [2.24, 2.45) is 0 Å². The topological polar surface area (TPSA) is 64.2 Å². The molecular formula is C25H28ClFN4O3. The van der Waals surface area contributed by atoms with E-state index >= 15 is 0 Å². The maximum absolute atomic E-state index is 14.5. The highest BCUT2D eigenvalue weighted by atomic mass is 35.5. The first kappa shape index (κ1) is 24.2. The van der Waals surface area contributed by atoms with Crippen LogP contribution in [0.15, 0.2) is 42.5 Å². The van der Waals surface area contributed by atoms with E-state index in [-0.39, 0.29) is 17.6 Å². The van der Waals surface area contributed by atoms with E-state index in [2.05, 4.69) is 4.90 Å². The van der Waals surface area contributed by atoms with Crippen molar-refractivity contribution in [3.8, 4) is 0 Å². The Bertz CT molecular complexity index is 1060. The van der Waals surface area contributed by atoms with Gasteiger partial charge >= 0.3 is 0 Å². The van der Waals surface area contributed by atoms with Crippen LogP contribution in [0.2, 0.25) is 5.02 Å². The van der Waals surface area contributed by atoms with E-state index in [0.717, 1.165) is 0 Å². The molecule has 2 fully saturated rings. The molecule has 2 aromatic rings. The number of benzene rings is 2. The van der Waals surface area contributed by atoms with Crippen molar-refractivity contribution in [2.45, 2.75) is 6.92 Å². The molecule has 0 bridgehead atoms. The van der Waals surface area contributed by atoms with Gasteiger partial charge in [-0.3, -0.25) is 19.3 Å². The van der Waals surface area contributed by atoms with Crippen LogP contribution in [0.5, 0.6) is 0 Å². The lowest BCUT2D eigenvalue weighted by molar-refractivity contribution is -0.133. The van der Waals surface area contributed by atoms with Gasteiger partial charge in [-0.2, -0.15) is 0 Å². The molecule has 2 aliphatic heterocycles. The average molecular weight is 487 g/mol. The molecule has 0 spiro atoms. The van der Waals surface area contributed by atoms with Gasteiger partial charge in [0.1, 0.15) is 5.82 Å². The lowest BCUT2D eigenvalue weighted by Gasteiger charge is -2.38. The Hall–Kier alpha value is -2.97. The number of ketones is 1. The zero-order chi connectivity index (χ0) is 24.2. The molecule has 0 unspecified atom stereocenters. The first-order valence-corrected chi connectivity index (χ1v) is 11.8. The molecule has 0 N–H and O–H groups in total. The second kappa shape index (κ2) is 10.5. The number of nitrogens with zero attached hydrogens (tertiary/aromatic N) is 4. The third-order valence-electron chi connectivity index (χ3n) is 6.44. The smallest absolute Gasteiger partial charge is 0.253 e. The largest absolute Gasteiger partial charge is 0.366 e. The van der Waals surface area contributed by atoms with Crippen molar-refractivity contribution in [1.29, 1.82) is 0 Å². The van der Waals surface area contributed by atoms with Gasteiger partial charge < -0.3 is 14.7 Å². The Labute approximate surface area is 203 Å². The van der Waals surface area contributed by atoms with Crippen LogP contribution >= 0.6 is 11.6 Å². The van der Waals surface area contributed by atoms with Crippen LogP contribution in [0.1, 0.15) is 27.6 Å². The molecule has 34 heavy (non-hydrogen) atoms. The Balaban J connectivity index is 1.24. The number of Topliss-reactive ketones (excluding diaryl/α,β-unsaturated/α-hetero) is 1. The first-order chi connectivity index (χ1) is 16.3. The highest BCUT2D eigenvalue weighted by Gasteiger charge is 2.27. The molecule has 180 valence electrons. The van der Waals surface area contributed by atoms with Gasteiger partial charge in [-0.05, 0) is 49.4 Å². The summed E-state index contributed by atoms with van der Waals surface area (Å²) >= 11 is 5.90. The number of piperazine rings is 2. The Morgan fingerprint density at radius 3 is 2.00 bits per heavy atom. The van der Waals surface area contributed by atoms with Crippen LogP contribution in [0.4, 0.5) is 10.1 Å². The summed E-state index contributed by atoms with van der Waals surface area (Å²) in [7, 11) is 0. The van der Waals surface area contributed by atoms with Gasteiger partial charge in [-0.1, -0.05) is 11.6 Å². The summed E-state index contributed by atoms with van der Waals surface area (Å²) in [6.45, 7) is 6.23. The van der Waals surface area contributed by atoms with E-state index in [1.54, 1.807) is 41.3 Å². The highest BCUT2D eigenvalue weighted by Crippen LogP contribution is 2.22. The van der Waals surface area contributed by atoms with Gasteiger partial charge in [0.05, 0.1) is 12.2 Å². The van der Waals surface area contributed by atoms with E-state index in [4.69, 9.17) is 11.6 Å². The van der Waals surface area contributed by atoms with E-state index < -0.39 is 5.82 Å². The molecule has 2 heterocycles. The minimum atomic E-state index is -0.418. The maximum Gasteiger partial charge on any atom is 0.253 e. The monoisotopic (exact) mass is 486 g/mol. The number of anilines is 1. The molecule has 2 aromatic carbocycles. The van der Waals surface area contributed by atoms with E-state index in [9.17, 15) is 18.8 Å². The van der Waals surface area contributed by atoms with Crippen molar-refractivity contribution in [2.75, 3.05) is 63.8 Å². The summed E-state index contributed by atoms with van der Waals surface area (Å²) in [6, 6.07) is 11.4. The van der Waals surface area contributed by atoms with Crippen LogP contribution < -0.4 is 4.90 Å². The second-order valence-electron chi connectivity index (χ2n) is 8.67. The summed E-state index contributed by atoms with van der Waals surface area (Å²) in [5, 5.41) is 0.594. The van der Waals surface area contributed by atoms with Gasteiger partial charge in [0.15, 0.2) is 5.78 Å². The van der Waals surface area contributed by atoms with E-state index in [0.29, 0.717) is 80.7 Å². The predicted molar refractivity (Wildman–Crippen MR) is 129 cm³/mol. The van der Waals surface area contributed by atoms with Gasteiger partial charge in [0.2, 0.25) is 5.91 Å². The molecular weight excluding hydrogens is 459 g/mol. The normalized spacial score (nSPS) is 17.1. The molecule has 0 aromatic heterocycles. The molecule has 7 nitrogen and oxygen atoms in total. The first-order valence-electron chi connectivity index (χ1n) is 11.4. The fourth-order valence-electron chi connectivity index (χ4n) is 4.35. The van der Waals surface area contributed by atoms with Crippen molar-refractivity contribution in [1.82, 2.24) is 14.7 Å². The van der Waals surface area contributed by atoms with Crippen LogP contribution in [0.25, 0.3) is 0 Å². The fraction of sp³-hybridized carbons (Fsp3) is 0.400. The van der Waals surface area contributed by atoms with Gasteiger partial charge in [0.25, 0.3) is 5.91 Å². The minimum Gasteiger partial charge on any atom is -0.366 e. The molecule has 0 radical (unpaired) electrons.